The fourth-order valence-corrected chi connectivity index (χ4v) is 7.19. The molecule has 0 saturated heterocycles. The predicted octanol–water partition coefficient (Wildman–Crippen LogP) is 8.78. The second-order valence-electron chi connectivity index (χ2n) is 8.35. The molecule has 0 bridgehead atoms. The maximum absolute atomic E-state index is 6.66. The zero-order valence-corrected chi connectivity index (χ0v) is 20.5. The monoisotopic (exact) mass is 400 g/mol. The van der Waals surface area contributed by atoms with Gasteiger partial charge in [-0.1, -0.05) is 118 Å². The van der Waals surface area contributed by atoms with E-state index in [1.165, 1.54) is 115 Å². The quantitative estimate of drug-likeness (QED) is 0.133. The smallest absolute Gasteiger partial charge is 0.338 e. The molecular formula is C24H52O2Si. The summed E-state index contributed by atoms with van der Waals surface area (Å²) in [5.41, 5.74) is 0. The van der Waals surface area contributed by atoms with Crippen LogP contribution in [-0.2, 0) is 8.85 Å². The zero-order valence-electron chi connectivity index (χ0n) is 19.5. The molecule has 0 rings (SSSR count). The molecule has 0 atom stereocenters. The van der Waals surface area contributed by atoms with Crippen molar-refractivity contribution in [1.82, 2.24) is 0 Å². The van der Waals surface area contributed by atoms with Gasteiger partial charge in [-0.15, -0.1) is 0 Å². The van der Waals surface area contributed by atoms with Crippen molar-refractivity contribution in [3.05, 3.63) is 0 Å². The molecule has 0 amide bonds. The number of hydrogen-bond donors (Lipinski definition) is 0. The van der Waals surface area contributed by atoms with Crippen LogP contribution in [0.15, 0.2) is 0 Å². The topological polar surface area (TPSA) is 18.5 Å². The zero-order chi connectivity index (χ0) is 20.1. The van der Waals surface area contributed by atoms with Crippen LogP contribution >= 0.6 is 0 Å². The molecule has 0 aromatic rings. The van der Waals surface area contributed by atoms with Crippen molar-refractivity contribution in [1.29, 1.82) is 0 Å². The van der Waals surface area contributed by atoms with E-state index < -0.39 is 8.56 Å². The third-order valence-corrected chi connectivity index (χ3v) is 9.24. The maximum Gasteiger partial charge on any atom is 0.338 e. The first-order chi connectivity index (χ1) is 13.2. The molecule has 0 aliphatic carbocycles. The fraction of sp³-hybridized carbons (Fsp3) is 1.00. The first-order valence-corrected chi connectivity index (χ1v) is 14.8. The summed E-state index contributed by atoms with van der Waals surface area (Å²) >= 11 is 0. The van der Waals surface area contributed by atoms with Gasteiger partial charge in [0.05, 0.1) is 0 Å². The van der Waals surface area contributed by atoms with Gasteiger partial charge in [-0.2, -0.15) is 0 Å². The molecule has 27 heavy (non-hydrogen) atoms. The molecule has 0 aromatic carbocycles. The number of rotatable bonds is 22. The average Bonchev–Trinajstić information content (AvgIpc) is 2.68. The van der Waals surface area contributed by atoms with Gasteiger partial charge in [0.25, 0.3) is 0 Å². The third kappa shape index (κ3) is 16.8. The predicted molar refractivity (Wildman–Crippen MR) is 124 cm³/mol. The lowest BCUT2D eigenvalue weighted by molar-refractivity contribution is 0.159. The van der Waals surface area contributed by atoms with E-state index >= 15 is 0 Å². The Morgan fingerprint density at radius 2 is 0.741 bits per heavy atom. The molecule has 0 saturated carbocycles. The van der Waals surface area contributed by atoms with Crippen molar-refractivity contribution in [3.8, 4) is 0 Å². The Kier molecular flexibility index (Phi) is 21.0. The SMILES string of the molecule is CCCCCCO[Si](CCCCCC)(CCCCCC)OCCCCCC. The van der Waals surface area contributed by atoms with Gasteiger partial charge in [0.15, 0.2) is 0 Å². The Bertz CT molecular complexity index is 256. The van der Waals surface area contributed by atoms with E-state index in [9.17, 15) is 0 Å². The minimum atomic E-state index is -2.02. The summed E-state index contributed by atoms with van der Waals surface area (Å²) in [7, 11) is -2.02. The van der Waals surface area contributed by atoms with Crippen LogP contribution in [0.5, 0.6) is 0 Å². The van der Waals surface area contributed by atoms with Gasteiger partial charge in [-0.05, 0) is 24.9 Å². The van der Waals surface area contributed by atoms with Crippen LogP contribution in [0.4, 0.5) is 0 Å². The van der Waals surface area contributed by atoms with E-state index in [1.54, 1.807) is 0 Å². The molecule has 3 heteroatoms. The fourth-order valence-electron chi connectivity index (χ4n) is 3.67. The van der Waals surface area contributed by atoms with Crippen LogP contribution < -0.4 is 0 Å². The first kappa shape index (κ1) is 27.1. The normalized spacial score (nSPS) is 12.0. The molecule has 0 unspecified atom stereocenters. The summed E-state index contributed by atoms with van der Waals surface area (Å²) in [4.78, 5) is 0. The highest BCUT2D eigenvalue weighted by Gasteiger charge is 2.36. The van der Waals surface area contributed by atoms with E-state index in [0.29, 0.717) is 0 Å². The van der Waals surface area contributed by atoms with E-state index in [0.717, 1.165) is 13.2 Å². The van der Waals surface area contributed by atoms with Gasteiger partial charge in [-0.25, -0.2) is 0 Å². The van der Waals surface area contributed by atoms with Crippen molar-refractivity contribution in [2.24, 2.45) is 0 Å². The lowest BCUT2D eigenvalue weighted by Crippen LogP contribution is -2.42. The van der Waals surface area contributed by atoms with E-state index in [-0.39, 0.29) is 0 Å². The molecule has 0 aliphatic heterocycles. The van der Waals surface area contributed by atoms with Crippen molar-refractivity contribution >= 4 is 8.56 Å². The van der Waals surface area contributed by atoms with Gasteiger partial charge in [0.1, 0.15) is 0 Å². The molecule has 0 aromatic heterocycles. The van der Waals surface area contributed by atoms with Crippen molar-refractivity contribution in [2.45, 2.75) is 143 Å². The first-order valence-electron chi connectivity index (χ1n) is 12.5. The van der Waals surface area contributed by atoms with Gasteiger partial charge < -0.3 is 8.85 Å². The summed E-state index contributed by atoms with van der Waals surface area (Å²) in [6.07, 6.45) is 20.9. The van der Waals surface area contributed by atoms with Crippen molar-refractivity contribution in [2.75, 3.05) is 13.2 Å². The lowest BCUT2D eigenvalue weighted by atomic mass is 10.2. The van der Waals surface area contributed by atoms with Gasteiger partial charge in [-0.3, -0.25) is 0 Å². The Morgan fingerprint density at radius 1 is 0.407 bits per heavy atom. The summed E-state index contributed by atoms with van der Waals surface area (Å²) in [6.45, 7) is 11.0. The maximum atomic E-state index is 6.66. The molecule has 0 radical (unpaired) electrons. The molecule has 0 N–H and O–H groups in total. The second kappa shape index (κ2) is 20.9. The van der Waals surface area contributed by atoms with Crippen LogP contribution in [0.1, 0.15) is 130 Å². The molecule has 0 fully saturated rings. The van der Waals surface area contributed by atoms with Gasteiger partial charge in [0, 0.05) is 13.2 Å². The highest BCUT2D eigenvalue weighted by molar-refractivity contribution is 6.67. The third-order valence-electron chi connectivity index (χ3n) is 5.55. The molecule has 0 heterocycles. The highest BCUT2D eigenvalue weighted by atomic mass is 28.4. The Balaban J connectivity index is 4.64. The highest BCUT2D eigenvalue weighted by Crippen LogP contribution is 2.27. The molecular weight excluding hydrogens is 348 g/mol. The number of hydrogen-bond acceptors (Lipinski definition) is 2. The summed E-state index contributed by atoms with van der Waals surface area (Å²) in [6, 6.07) is 2.45. The summed E-state index contributed by atoms with van der Waals surface area (Å²) in [5.74, 6) is 0. The lowest BCUT2D eigenvalue weighted by Gasteiger charge is -2.31. The van der Waals surface area contributed by atoms with Crippen LogP contribution in [0.25, 0.3) is 0 Å². The second-order valence-corrected chi connectivity index (χ2v) is 11.7. The molecule has 2 nitrogen and oxygen atoms in total. The Hall–Kier alpha value is 0.137. The Labute approximate surface area is 173 Å². The summed E-state index contributed by atoms with van der Waals surface area (Å²) < 4.78 is 13.3. The molecule has 164 valence electrons. The van der Waals surface area contributed by atoms with Crippen LogP contribution in [0, 0.1) is 0 Å². The van der Waals surface area contributed by atoms with E-state index in [4.69, 9.17) is 8.85 Å². The molecule has 0 spiro atoms. The van der Waals surface area contributed by atoms with Crippen LogP contribution in [0.3, 0.4) is 0 Å². The van der Waals surface area contributed by atoms with Crippen LogP contribution in [0.2, 0.25) is 12.1 Å². The van der Waals surface area contributed by atoms with E-state index in [1.807, 2.05) is 0 Å². The summed E-state index contributed by atoms with van der Waals surface area (Å²) in [5, 5.41) is 0. The van der Waals surface area contributed by atoms with Crippen LogP contribution in [-0.4, -0.2) is 21.8 Å². The van der Waals surface area contributed by atoms with E-state index in [2.05, 4.69) is 27.7 Å². The standard InChI is InChI=1S/C24H52O2Si/c1-5-9-13-17-21-25-27(23-19-15-11-7-3,24-20-16-12-8-4)26-22-18-14-10-6-2/h5-24H2,1-4H3. The largest absolute Gasteiger partial charge is 0.394 e. The number of unbranched alkanes of at least 4 members (excludes halogenated alkanes) is 12. The van der Waals surface area contributed by atoms with Gasteiger partial charge in [0.2, 0.25) is 0 Å². The molecule has 0 aliphatic rings. The average molecular weight is 401 g/mol. The minimum absolute atomic E-state index is 0.933. The minimum Gasteiger partial charge on any atom is -0.394 e. The van der Waals surface area contributed by atoms with Crippen molar-refractivity contribution < 1.29 is 8.85 Å². The van der Waals surface area contributed by atoms with Crippen molar-refractivity contribution in [3.63, 3.8) is 0 Å². The van der Waals surface area contributed by atoms with Gasteiger partial charge >= 0.3 is 8.56 Å². The Morgan fingerprint density at radius 3 is 1.07 bits per heavy atom.